The summed E-state index contributed by atoms with van der Waals surface area (Å²) in [6.07, 6.45) is 5.59. The van der Waals surface area contributed by atoms with Crippen LogP contribution >= 0.6 is 0 Å². The molecule has 0 radical (unpaired) electrons. The summed E-state index contributed by atoms with van der Waals surface area (Å²) >= 11 is 0. The van der Waals surface area contributed by atoms with E-state index in [1.54, 1.807) is 0 Å². The van der Waals surface area contributed by atoms with Crippen molar-refractivity contribution < 1.29 is 0 Å². The molecule has 3 rings (SSSR count). The molecule has 1 aliphatic carbocycles. The molecule has 0 saturated heterocycles. The zero-order valence-corrected chi connectivity index (χ0v) is 11.4. The molecule has 0 bridgehead atoms. The highest BCUT2D eigenvalue weighted by molar-refractivity contribution is 5.30. The Bertz CT molecular complexity index is 377. The molecule has 18 heavy (non-hydrogen) atoms. The maximum atomic E-state index is 3.52. The lowest BCUT2D eigenvalue weighted by molar-refractivity contribution is 0.172. The summed E-state index contributed by atoms with van der Waals surface area (Å²) in [5.74, 6) is 0.845. The molecule has 2 nitrogen and oxygen atoms in total. The van der Waals surface area contributed by atoms with E-state index in [2.05, 4.69) is 41.5 Å². The predicted octanol–water partition coefficient (Wildman–Crippen LogP) is 2.78. The smallest absolute Gasteiger partial charge is 0.0240 e. The second kappa shape index (κ2) is 5.41. The molecule has 2 aliphatic rings. The molecular formula is C16H24N2. The van der Waals surface area contributed by atoms with Crippen LogP contribution in [-0.4, -0.2) is 24.5 Å². The lowest BCUT2D eigenvalue weighted by atomic mass is 9.84. The third-order valence-corrected chi connectivity index (χ3v) is 4.68. The molecule has 2 atom stereocenters. The van der Waals surface area contributed by atoms with Gasteiger partial charge in [0, 0.05) is 25.7 Å². The van der Waals surface area contributed by atoms with Gasteiger partial charge in [0.05, 0.1) is 0 Å². The summed E-state index contributed by atoms with van der Waals surface area (Å²) in [7, 11) is 2.13. The Kier molecular flexibility index (Phi) is 3.67. The Morgan fingerprint density at radius 3 is 2.44 bits per heavy atom. The molecule has 2 heteroatoms. The van der Waals surface area contributed by atoms with E-state index in [1.807, 2.05) is 0 Å². The van der Waals surface area contributed by atoms with Crippen LogP contribution in [-0.2, 0) is 13.1 Å². The highest BCUT2D eigenvalue weighted by Gasteiger charge is 2.27. The zero-order chi connectivity index (χ0) is 12.4. The van der Waals surface area contributed by atoms with Crippen LogP contribution in [0.3, 0.4) is 0 Å². The van der Waals surface area contributed by atoms with E-state index < -0.39 is 0 Å². The Morgan fingerprint density at radius 2 is 1.78 bits per heavy atom. The molecule has 0 amide bonds. The largest absolute Gasteiger partial charge is 0.317 e. The number of nitrogens with one attached hydrogen (secondary N) is 1. The van der Waals surface area contributed by atoms with Crippen LogP contribution < -0.4 is 5.32 Å². The molecule has 2 unspecified atom stereocenters. The van der Waals surface area contributed by atoms with Gasteiger partial charge in [0.1, 0.15) is 0 Å². The van der Waals surface area contributed by atoms with E-state index in [4.69, 9.17) is 0 Å². The first-order valence-electron chi connectivity index (χ1n) is 7.33. The minimum atomic E-state index is 0.738. The lowest BCUT2D eigenvalue weighted by Crippen LogP contribution is -2.41. The second-order valence-electron chi connectivity index (χ2n) is 5.88. The molecule has 1 N–H and O–H groups in total. The van der Waals surface area contributed by atoms with Gasteiger partial charge in [0.25, 0.3) is 0 Å². The Morgan fingerprint density at radius 1 is 1.11 bits per heavy atom. The van der Waals surface area contributed by atoms with Gasteiger partial charge < -0.3 is 5.32 Å². The summed E-state index contributed by atoms with van der Waals surface area (Å²) in [6.45, 7) is 3.58. The normalized spacial score (nSPS) is 28.3. The number of benzene rings is 1. The van der Waals surface area contributed by atoms with Gasteiger partial charge in [0.15, 0.2) is 0 Å². The molecule has 1 saturated carbocycles. The SMILES string of the molecule is CNC1CCCCC1CN1Cc2ccccc2C1. The van der Waals surface area contributed by atoms with Crippen molar-refractivity contribution in [2.45, 2.75) is 44.8 Å². The molecule has 0 spiro atoms. The predicted molar refractivity (Wildman–Crippen MR) is 75.4 cm³/mol. The molecule has 1 aromatic carbocycles. The minimum Gasteiger partial charge on any atom is -0.317 e. The monoisotopic (exact) mass is 244 g/mol. The molecule has 1 heterocycles. The van der Waals surface area contributed by atoms with Gasteiger partial charge in [-0.15, -0.1) is 0 Å². The zero-order valence-electron chi connectivity index (χ0n) is 11.4. The van der Waals surface area contributed by atoms with Crippen molar-refractivity contribution in [3.8, 4) is 0 Å². The standard InChI is InChI=1S/C16H24N2/c1-17-16-9-5-4-8-15(16)12-18-10-13-6-2-3-7-14(13)11-18/h2-3,6-7,15-17H,4-5,8-12H2,1H3. The summed E-state index contributed by atoms with van der Waals surface area (Å²) in [5.41, 5.74) is 3.07. The van der Waals surface area contributed by atoms with Crippen molar-refractivity contribution in [2.24, 2.45) is 5.92 Å². The Labute approximate surface area is 110 Å². The fraction of sp³-hybridized carbons (Fsp3) is 0.625. The number of nitrogens with zero attached hydrogens (tertiary/aromatic N) is 1. The quantitative estimate of drug-likeness (QED) is 0.879. The molecule has 98 valence electrons. The van der Waals surface area contributed by atoms with Gasteiger partial charge in [-0.3, -0.25) is 4.90 Å². The fourth-order valence-corrected chi connectivity index (χ4v) is 3.67. The van der Waals surface area contributed by atoms with Crippen LogP contribution in [0, 0.1) is 5.92 Å². The lowest BCUT2D eigenvalue weighted by Gasteiger charge is -2.34. The molecular weight excluding hydrogens is 220 g/mol. The first-order chi connectivity index (χ1) is 8.86. The Balaban J connectivity index is 1.61. The summed E-state index contributed by atoms with van der Waals surface area (Å²) in [4.78, 5) is 2.63. The number of fused-ring (bicyclic) bond motifs is 1. The van der Waals surface area contributed by atoms with Gasteiger partial charge in [-0.2, -0.15) is 0 Å². The average molecular weight is 244 g/mol. The first kappa shape index (κ1) is 12.2. The van der Waals surface area contributed by atoms with E-state index in [9.17, 15) is 0 Å². The van der Waals surface area contributed by atoms with Crippen LogP contribution in [0.15, 0.2) is 24.3 Å². The van der Waals surface area contributed by atoms with Crippen LogP contribution in [0.1, 0.15) is 36.8 Å². The van der Waals surface area contributed by atoms with E-state index >= 15 is 0 Å². The number of hydrogen-bond acceptors (Lipinski definition) is 2. The van der Waals surface area contributed by atoms with Gasteiger partial charge in [-0.1, -0.05) is 37.1 Å². The fourth-order valence-electron chi connectivity index (χ4n) is 3.67. The number of rotatable bonds is 3. The van der Waals surface area contributed by atoms with E-state index in [-0.39, 0.29) is 0 Å². The van der Waals surface area contributed by atoms with Crippen molar-refractivity contribution in [3.63, 3.8) is 0 Å². The maximum Gasteiger partial charge on any atom is 0.0240 e. The summed E-state index contributed by atoms with van der Waals surface area (Å²) in [6, 6.07) is 9.64. The van der Waals surface area contributed by atoms with E-state index in [1.165, 1.54) is 43.4 Å². The molecule has 1 aromatic rings. The highest BCUT2D eigenvalue weighted by Crippen LogP contribution is 2.29. The van der Waals surface area contributed by atoms with E-state index in [0.717, 1.165) is 25.0 Å². The highest BCUT2D eigenvalue weighted by atomic mass is 15.1. The summed E-state index contributed by atoms with van der Waals surface area (Å²) in [5, 5.41) is 3.52. The van der Waals surface area contributed by atoms with Crippen molar-refractivity contribution >= 4 is 0 Å². The van der Waals surface area contributed by atoms with Gasteiger partial charge in [-0.25, -0.2) is 0 Å². The van der Waals surface area contributed by atoms with Crippen molar-refractivity contribution in [2.75, 3.05) is 13.6 Å². The Hall–Kier alpha value is -0.860. The van der Waals surface area contributed by atoms with Crippen LogP contribution in [0.2, 0.25) is 0 Å². The number of hydrogen-bond donors (Lipinski definition) is 1. The van der Waals surface area contributed by atoms with Crippen molar-refractivity contribution in [1.29, 1.82) is 0 Å². The molecule has 1 fully saturated rings. The second-order valence-corrected chi connectivity index (χ2v) is 5.88. The third-order valence-electron chi connectivity index (χ3n) is 4.68. The minimum absolute atomic E-state index is 0.738. The van der Waals surface area contributed by atoms with Gasteiger partial charge in [-0.05, 0) is 36.9 Å². The summed E-state index contributed by atoms with van der Waals surface area (Å²) < 4.78 is 0. The van der Waals surface area contributed by atoms with Crippen molar-refractivity contribution in [3.05, 3.63) is 35.4 Å². The van der Waals surface area contributed by atoms with Crippen LogP contribution in [0.5, 0.6) is 0 Å². The first-order valence-corrected chi connectivity index (χ1v) is 7.33. The average Bonchev–Trinajstić information content (AvgIpc) is 2.81. The van der Waals surface area contributed by atoms with Crippen LogP contribution in [0.4, 0.5) is 0 Å². The molecule has 0 aromatic heterocycles. The topological polar surface area (TPSA) is 15.3 Å². The molecule has 1 aliphatic heterocycles. The van der Waals surface area contributed by atoms with Crippen LogP contribution in [0.25, 0.3) is 0 Å². The maximum absolute atomic E-state index is 3.52. The van der Waals surface area contributed by atoms with Gasteiger partial charge in [0.2, 0.25) is 0 Å². The third kappa shape index (κ3) is 2.45. The van der Waals surface area contributed by atoms with Gasteiger partial charge >= 0.3 is 0 Å². The van der Waals surface area contributed by atoms with Crippen molar-refractivity contribution in [1.82, 2.24) is 10.2 Å². The van der Waals surface area contributed by atoms with E-state index in [0.29, 0.717) is 0 Å².